The molecule has 0 fully saturated rings. The predicted octanol–water partition coefficient (Wildman–Crippen LogP) is 3.95. The van der Waals surface area contributed by atoms with Crippen LogP contribution in [-0.4, -0.2) is 47.7 Å². The number of halogens is 1. The van der Waals surface area contributed by atoms with Gasteiger partial charge in [-0.2, -0.15) is 0 Å². The first-order valence-electron chi connectivity index (χ1n) is 12.6. The zero-order valence-electron chi connectivity index (χ0n) is 21.9. The quantitative estimate of drug-likeness (QED) is 0.427. The second-order valence-electron chi connectivity index (χ2n) is 9.46. The molecule has 1 aliphatic heterocycles. The molecule has 0 radical (unpaired) electrons. The summed E-state index contributed by atoms with van der Waals surface area (Å²) in [5.74, 6) is -2.01. The lowest BCUT2D eigenvalue weighted by Gasteiger charge is -2.35. The average molecular weight is 540 g/mol. The fourth-order valence-electron chi connectivity index (χ4n) is 4.31. The van der Waals surface area contributed by atoms with E-state index in [1.807, 2.05) is 42.5 Å². The molecule has 0 aliphatic carbocycles. The fourth-order valence-corrected chi connectivity index (χ4v) is 4.44. The van der Waals surface area contributed by atoms with Gasteiger partial charge in [-0.3, -0.25) is 14.4 Å². The highest BCUT2D eigenvalue weighted by molar-refractivity contribution is 6.30. The van der Waals surface area contributed by atoms with Crippen LogP contribution in [0.2, 0.25) is 5.02 Å². The van der Waals surface area contributed by atoms with E-state index in [4.69, 9.17) is 16.3 Å². The van der Waals surface area contributed by atoms with Crippen molar-refractivity contribution in [3.8, 4) is 0 Å². The standard InChI is InChI=1S/C29H34ClN3O5/c1-19-27(22-9-5-4-6-10-22)38-29(37)25(32-20(2)34)12-8-7-11-23(28(36)33(19)3)17-26(35)31-18-21-13-15-24(30)16-14-21/h4-10,13-16,19,23,25,27H,11-12,17-18H2,1-3H3,(H,31,35)(H,32,34)/t19-,23-,25-,27-/m0/s1. The molecule has 1 aliphatic rings. The summed E-state index contributed by atoms with van der Waals surface area (Å²) in [4.78, 5) is 52.7. The first kappa shape index (κ1) is 28.9. The summed E-state index contributed by atoms with van der Waals surface area (Å²) in [6.45, 7) is 3.47. The summed E-state index contributed by atoms with van der Waals surface area (Å²) in [5, 5.41) is 6.14. The average Bonchev–Trinajstić information content (AvgIpc) is 2.90. The van der Waals surface area contributed by atoms with Gasteiger partial charge in [0, 0.05) is 32.0 Å². The van der Waals surface area contributed by atoms with Crippen LogP contribution in [0.3, 0.4) is 0 Å². The Morgan fingerprint density at radius 2 is 1.68 bits per heavy atom. The molecule has 0 aromatic heterocycles. The van der Waals surface area contributed by atoms with Crippen molar-refractivity contribution >= 4 is 35.3 Å². The van der Waals surface area contributed by atoms with E-state index in [1.165, 1.54) is 11.8 Å². The van der Waals surface area contributed by atoms with Crippen LogP contribution in [-0.2, 0) is 30.5 Å². The molecular weight excluding hydrogens is 506 g/mol. The van der Waals surface area contributed by atoms with Gasteiger partial charge in [-0.05, 0) is 43.0 Å². The summed E-state index contributed by atoms with van der Waals surface area (Å²) >= 11 is 5.93. The number of benzene rings is 2. The van der Waals surface area contributed by atoms with E-state index in [2.05, 4.69) is 10.6 Å². The third-order valence-electron chi connectivity index (χ3n) is 6.57. The third-order valence-corrected chi connectivity index (χ3v) is 6.82. The summed E-state index contributed by atoms with van der Waals surface area (Å²) in [7, 11) is 1.65. The van der Waals surface area contributed by atoms with Crippen molar-refractivity contribution < 1.29 is 23.9 Å². The van der Waals surface area contributed by atoms with Gasteiger partial charge in [-0.15, -0.1) is 0 Å². The van der Waals surface area contributed by atoms with Gasteiger partial charge in [-0.1, -0.05) is 66.2 Å². The van der Waals surface area contributed by atoms with Gasteiger partial charge in [0.15, 0.2) is 0 Å². The zero-order valence-corrected chi connectivity index (χ0v) is 22.6. The lowest BCUT2D eigenvalue weighted by Crippen LogP contribution is -2.46. The highest BCUT2D eigenvalue weighted by atomic mass is 35.5. The van der Waals surface area contributed by atoms with Crippen LogP contribution in [0, 0.1) is 5.92 Å². The maximum Gasteiger partial charge on any atom is 0.329 e. The Morgan fingerprint density at radius 3 is 2.34 bits per heavy atom. The van der Waals surface area contributed by atoms with Crippen LogP contribution in [0.1, 0.15) is 50.3 Å². The summed E-state index contributed by atoms with van der Waals surface area (Å²) in [6, 6.07) is 14.9. The van der Waals surface area contributed by atoms with E-state index in [0.717, 1.165) is 11.1 Å². The number of hydrogen-bond acceptors (Lipinski definition) is 5. The molecule has 2 N–H and O–H groups in total. The maximum absolute atomic E-state index is 13.6. The first-order chi connectivity index (χ1) is 18.2. The van der Waals surface area contributed by atoms with Crippen molar-refractivity contribution in [2.24, 2.45) is 5.92 Å². The summed E-state index contributed by atoms with van der Waals surface area (Å²) in [6.07, 6.45) is 3.24. The van der Waals surface area contributed by atoms with E-state index >= 15 is 0 Å². The molecule has 0 spiro atoms. The fraction of sp³-hybridized carbons (Fsp3) is 0.379. The predicted molar refractivity (Wildman–Crippen MR) is 145 cm³/mol. The Balaban J connectivity index is 1.83. The molecule has 38 heavy (non-hydrogen) atoms. The monoisotopic (exact) mass is 539 g/mol. The van der Waals surface area contributed by atoms with Crippen molar-refractivity contribution in [2.45, 2.75) is 57.8 Å². The molecule has 0 saturated heterocycles. The molecule has 2 aromatic rings. The third kappa shape index (κ3) is 8.18. The van der Waals surface area contributed by atoms with Crippen LogP contribution in [0.15, 0.2) is 66.7 Å². The van der Waals surface area contributed by atoms with Crippen molar-refractivity contribution in [1.82, 2.24) is 15.5 Å². The number of rotatable bonds is 6. The van der Waals surface area contributed by atoms with Crippen LogP contribution in [0.25, 0.3) is 0 Å². The minimum atomic E-state index is -0.872. The van der Waals surface area contributed by atoms with Crippen molar-refractivity contribution in [3.63, 3.8) is 0 Å². The smallest absolute Gasteiger partial charge is 0.329 e. The van der Waals surface area contributed by atoms with Gasteiger partial charge in [0.1, 0.15) is 12.1 Å². The number of allylic oxidation sites excluding steroid dienone is 1. The highest BCUT2D eigenvalue weighted by Gasteiger charge is 2.34. The molecule has 8 nitrogen and oxygen atoms in total. The largest absolute Gasteiger partial charge is 0.454 e. The van der Waals surface area contributed by atoms with Gasteiger partial charge in [-0.25, -0.2) is 4.79 Å². The number of esters is 1. The molecule has 0 bridgehead atoms. The van der Waals surface area contributed by atoms with Crippen LogP contribution in [0.5, 0.6) is 0 Å². The maximum atomic E-state index is 13.6. The molecule has 0 saturated carbocycles. The van der Waals surface area contributed by atoms with Crippen LogP contribution < -0.4 is 10.6 Å². The zero-order chi connectivity index (χ0) is 27.7. The number of likely N-dealkylation sites (N-methyl/N-ethyl adjacent to an activating group) is 1. The molecule has 3 rings (SSSR count). The van der Waals surface area contributed by atoms with E-state index in [9.17, 15) is 19.2 Å². The van der Waals surface area contributed by atoms with Crippen molar-refractivity contribution in [1.29, 1.82) is 0 Å². The molecule has 1 heterocycles. The number of nitrogens with zero attached hydrogens (tertiary/aromatic N) is 1. The number of amides is 3. The minimum Gasteiger partial charge on any atom is -0.454 e. The molecule has 0 unspecified atom stereocenters. The van der Waals surface area contributed by atoms with Crippen LogP contribution in [0.4, 0.5) is 0 Å². The van der Waals surface area contributed by atoms with Gasteiger partial charge >= 0.3 is 5.97 Å². The Morgan fingerprint density at radius 1 is 1.03 bits per heavy atom. The van der Waals surface area contributed by atoms with Crippen LogP contribution >= 0.6 is 11.6 Å². The number of carbonyl (C=O) groups is 4. The molecule has 3 amide bonds. The van der Waals surface area contributed by atoms with Gasteiger partial charge < -0.3 is 20.3 Å². The van der Waals surface area contributed by atoms with E-state index in [1.54, 1.807) is 38.3 Å². The Labute approximate surface area is 228 Å². The van der Waals surface area contributed by atoms with Crippen molar-refractivity contribution in [3.05, 3.63) is 82.9 Å². The molecule has 2 aromatic carbocycles. The van der Waals surface area contributed by atoms with Gasteiger partial charge in [0.25, 0.3) is 0 Å². The molecule has 9 heteroatoms. The van der Waals surface area contributed by atoms with E-state index in [0.29, 0.717) is 18.0 Å². The Kier molecular flexibility index (Phi) is 10.5. The van der Waals surface area contributed by atoms with Gasteiger partial charge in [0.2, 0.25) is 17.7 Å². The Bertz CT molecular complexity index is 1150. The van der Waals surface area contributed by atoms with E-state index in [-0.39, 0.29) is 30.6 Å². The lowest BCUT2D eigenvalue weighted by atomic mass is 9.95. The highest BCUT2D eigenvalue weighted by Crippen LogP contribution is 2.28. The second-order valence-corrected chi connectivity index (χ2v) is 9.89. The number of ether oxygens (including phenoxy) is 1. The SMILES string of the molecule is CC(=O)N[C@H]1CC=CC[C@@H](CC(=O)NCc2ccc(Cl)cc2)C(=O)N(C)[C@@H](C)[C@@H](c2ccccc2)OC1=O. The molecular formula is C29H34ClN3O5. The lowest BCUT2D eigenvalue weighted by molar-refractivity contribution is -0.159. The minimum absolute atomic E-state index is 0.00125. The number of hydrogen-bond donors (Lipinski definition) is 2. The number of carbonyl (C=O) groups excluding carboxylic acids is 4. The topological polar surface area (TPSA) is 105 Å². The Hall–Kier alpha value is -3.65. The normalized spacial score (nSPS) is 22.6. The first-order valence-corrected chi connectivity index (χ1v) is 13.0. The number of cyclic esters (lactones) is 1. The van der Waals surface area contributed by atoms with Gasteiger partial charge in [0.05, 0.1) is 12.0 Å². The van der Waals surface area contributed by atoms with Crippen molar-refractivity contribution in [2.75, 3.05) is 7.05 Å². The summed E-state index contributed by atoms with van der Waals surface area (Å²) < 4.78 is 5.90. The molecule has 4 atom stereocenters. The number of nitrogens with one attached hydrogen (secondary N) is 2. The second kappa shape index (κ2) is 13.8. The summed E-state index contributed by atoms with van der Waals surface area (Å²) in [5.41, 5.74) is 1.62. The molecule has 202 valence electrons. The van der Waals surface area contributed by atoms with E-state index < -0.39 is 30.1 Å².